The average molecular weight is 443 g/mol. The van der Waals surface area contributed by atoms with Crippen molar-refractivity contribution in [1.82, 2.24) is 4.31 Å². The molecule has 0 saturated carbocycles. The Morgan fingerprint density at radius 1 is 0.935 bits per heavy atom. The van der Waals surface area contributed by atoms with Crippen LogP contribution in [0.25, 0.3) is 0 Å². The first-order valence-electron chi connectivity index (χ1n) is 10.6. The Hall–Kier alpha value is -2.71. The molecule has 2 aromatic rings. The van der Waals surface area contributed by atoms with Crippen molar-refractivity contribution >= 4 is 27.6 Å². The third-order valence-corrected chi connectivity index (χ3v) is 7.74. The van der Waals surface area contributed by atoms with Gasteiger partial charge in [0.2, 0.25) is 10.0 Å². The van der Waals surface area contributed by atoms with Crippen LogP contribution in [0.1, 0.15) is 42.1 Å². The monoisotopic (exact) mass is 442 g/mol. The number of anilines is 1. The number of para-hydroxylation sites is 1. The number of hydrogen-bond donors (Lipinski definition) is 0. The summed E-state index contributed by atoms with van der Waals surface area (Å²) in [4.78, 5) is 27.1. The highest BCUT2D eigenvalue weighted by Gasteiger charge is 2.30. The van der Waals surface area contributed by atoms with E-state index in [1.165, 1.54) is 28.6 Å². The van der Waals surface area contributed by atoms with Crippen LogP contribution in [0.4, 0.5) is 5.69 Å². The highest BCUT2D eigenvalue weighted by Crippen LogP contribution is 2.28. The Bertz CT molecular complexity index is 1080. The lowest BCUT2D eigenvalue weighted by Gasteiger charge is -2.25. The summed E-state index contributed by atoms with van der Waals surface area (Å²) >= 11 is 0. The second kappa shape index (κ2) is 8.80. The lowest BCUT2D eigenvalue weighted by molar-refractivity contribution is -0.126. The van der Waals surface area contributed by atoms with E-state index in [-0.39, 0.29) is 16.4 Å². The van der Waals surface area contributed by atoms with Gasteiger partial charge < -0.3 is 9.64 Å². The quantitative estimate of drug-likeness (QED) is 0.665. The standard InChI is InChI=1S/C23H26N2O5S/c1-17(22(26)25-16-13-18-7-3-4-8-21(18)25)30-23(27)19-9-11-20(12-10-19)31(28,29)24-14-5-2-6-15-24/h3-4,7-12,17H,2,5-6,13-16H2,1H3/t17-/m1/s1. The molecular formula is C23H26N2O5S. The van der Waals surface area contributed by atoms with Crippen molar-refractivity contribution < 1.29 is 22.7 Å². The molecule has 4 rings (SSSR count). The third kappa shape index (κ3) is 4.36. The molecule has 0 aliphatic carbocycles. The van der Waals surface area contributed by atoms with Crippen LogP contribution in [0.2, 0.25) is 0 Å². The summed E-state index contributed by atoms with van der Waals surface area (Å²) in [7, 11) is -3.56. The SMILES string of the molecule is C[C@@H](OC(=O)c1ccc(S(=O)(=O)N2CCCCC2)cc1)C(=O)N1CCc2ccccc21. The van der Waals surface area contributed by atoms with Gasteiger partial charge in [-0.05, 0) is 62.1 Å². The van der Waals surface area contributed by atoms with Crippen LogP contribution >= 0.6 is 0 Å². The zero-order valence-corrected chi connectivity index (χ0v) is 18.3. The smallest absolute Gasteiger partial charge is 0.338 e. The highest BCUT2D eigenvalue weighted by molar-refractivity contribution is 7.89. The minimum Gasteiger partial charge on any atom is -0.449 e. The van der Waals surface area contributed by atoms with Crippen LogP contribution in [0.15, 0.2) is 53.4 Å². The molecule has 0 spiro atoms. The Kier molecular flexibility index (Phi) is 6.11. The molecule has 0 radical (unpaired) electrons. The number of fused-ring (bicyclic) bond motifs is 1. The molecule has 7 nitrogen and oxygen atoms in total. The van der Waals surface area contributed by atoms with E-state index in [0.717, 1.165) is 36.9 Å². The second-order valence-electron chi connectivity index (χ2n) is 7.91. The van der Waals surface area contributed by atoms with E-state index in [2.05, 4.69) is 0 Å². The van der Waals surface area contributed by atoms with E-state index in [1.54, 1.807) is 11.8 Å². The van der Waals surface area contributed by atoms with Crippen LogP contribution in [-0.2, 0) is 26.0 Å². The van der Waals surface area contributed by atoms with Gasteiger partial charge in [0, 0.05) is 25.3 Å². The molecule has 1 amide bonds. The Balaban J connectivity index is 1.41. The van der Waals surface area contributed by atoms with Gasteiger partial charge in [0.15, 0.2) is 6.10 Å². The summed E-state index contributed by atoms with van der Waals surface area (Å²) in [5, 5.41) is 0. The van der Waals surface area contributed by atoms with Gasteiger partial charge in [-0.15, -0.1) is 0 Å². The van der Waals surface area contributed by atoms with Gasteiger partial charge in [-0.1, -0.05) is 24.6 Å². The van der Waals surface area contributed by atoms with Crippen molar-refractivity contribution in [3.05, 3.63) is 59.7 Å². The summed E-state index contributed by atoms with van der Waals surface area (Å²) < 4.78 is 32.3. The third-order valence-electron chi connectivity index (χ3n) is 5.83. The van der Waals surface area contributed by atoms with Crippen molar-refractivity contribution in [3.63, 3.8) is 0 Å². The number of piperidine rings is 1. The van der Waals surface area contributed by atoms with Crippen molar-refractivity contribution in [2.24, 2.45) is 0 Å². The van der Waals surface area contributed by atoms with Gasteiger partial charge in [0.1, 0.15) is 0 Å². The van der Waals surface area contributed by atoms with Gasteiger partial charge in [0.25, 0.3) is 5.91 Å². The van der Waals surface area contributed by atoms with Gasteiger partial charge in [-0.25, -0.2) is 13.2 Å². The molecule has 2 heterocycles. The number of hydrogen-bond acceptors (Lipinski definition) is 5. The molecule has 0 bridgehead atoms. The fourth-order valence-corrected chi connectivity index (χ4v) is 5.60. The number of rotatable bonds is 5. The fourth-order valence-electron chi connectivity index (χ4n) is 4.08. The minimum absolute atomic E-state index is 0.156. The highest BCUT2D eigenvalue weighted by atomic mass is 32.2. The molecule has 1 fully saturated rings. The molecule has 1 atom stereocenters. The molecule has 31 heavy (non-hydrogen) atoms. The normalized spacial score (nSPS) is 17.8. The molecule has 1 saturated heterocycles. The maximum Gasteiger partial charge on any atom is 0.338 e. The number of nitrogens with zero attached hydrogens (tertiary/aromatic N) is 2. The molecule has 164 valence electrons. The van der Waals surface area contributed by atoms with Crippen molar-refractivity contribution in [1.29, 1.82) is 0 Å². The topological polar surface area (TPSA) is 84.0 Å². The van der Waals surface area contributed by atoms with Gasteiger partial charge in [-0.2, -0.15) is 4.31 Å². The van der Waals surface area contributed by atoms with E-state index < -0.39 is 22.1 Å². The molecule has 2 aliphatic rings. The van der Waals surface area contributed by atoms with Crippen LogP contribution in [0.5, 0.6) is 0 Å². The van der Waals surface area contributed by atoms with Crippen molar-refractivity contribution in [3.8, 4) is 0 Å². The minimum atomic E-state index is -3.56. The van der Waals surface area contributed by atoms with Crippen LogP contribution in [-0.4, -0.2) is 50.3 Å². The number of benzene rings is 2. The average Bonchev–Trinajstić information content (AvgIpc) is 3.23. The molecule has 2 aliphatic heterocycles. The number of carbonyl (C=O) groups is 2. The molecule has 2 aromatic carbocycles. The van der Waals surface area contributed by atoms with E-state index in [1.807, 2.05) is 24.3 Å². The molecular weight excluding hydrogens is 416 g/mol. The Morgan fingerprint density at radius 2 is 1.61 bits per heavy atom. The number of sulfonamides is 1. The summed E-state index contributed by atoms with van der Waals surface area (Å²) in [5.74, 6) is -0.933. The van der Waals surface area contributed by atoms with Crippen LogP contribution in [0, 0.1) is 0 Å². The summed E-state index contributed by atoms with van der Waals surface area (Å²) in [6.45, 7) is 3.15. The molecule has 0 unspecified atom stereocenters. The first-order valence-corrected chi connectivity index (χ1v) is 12.0. The number of esters is 1. The van der Waals surface area contributed by atoms with Crippen molar-refractivity contribution in [2.75, 3.05) is 24.5 Å². The fraction of sp³-hybridized carbons (Fsp3) is 0.391. The number of ether oxygens (including phenoxy) is 1. The van der Waals surface area contributed by atoms with Crippen LogP contribution in [0.3, 0.4) is 0 Å². The summed E-state index contributed by atoms with van der Waals surface area (Å²) in [6.07, 6.45) is 2.58. The lowest BCUT2D eigenvalue weighted by Crippen LogP contribution is -2.39. The summed E-state index contributed by atoms with van der Waals surface area (Å²) in [5.41, 5.74) is 2.15. The number of amides is 1. The second-order valence-corrected chi connectivity index (χ2v) is 9.84. The van der Waals surface area contributed by atoms with E-state index in [4.69, 9.17) is 4.74 Å². The van der Waals surface area contributed by atoms with Gasteiger partial charge in [0.05, 0.1) is 10.5 Å². The zero-order valence-electron chi connectivity index (χ0n) is 17.5. The van der Waals surface area contributed by atoms with Gasteiger partial charge in [-0.3, -0.25) is 4.79 Å². The van der Waals surface area contributed by atoms with E-state index in [9.17, 15) is 18.0 Å². The van der Waals surface area contributed by atoms with Gasteiger partial charge >= 0.3 is 5.97 Å². The largest absolute Gasteiger partial charge is 0.449 e. The first-order chi connectivity index (χ1) is 14.9. The molecule has 0 aromatic heterocycles. The lowest BCUT2D eigenvalue weighted by atomic mass is 10.2. The predicted molar refractivity (Wildman–Crippen MR) is 116 cm³/mol. The zero-order chi connectivity index (χ0) is 22.0. The maximum absolute atomic E-state index is 12.8. The summed E-state index contributed by atoms with van der Waals surface area (Å²) in [6, 6.07) is 13.4. The molecule has 8 heteroatoms. The predicted octanol–water partition coefficient (Wildman–Crippen LogP) is 3.00. The Labute approximate surface area is 182 Å². The first kappa shape index (κ1) is 21.5. The maximum atomic E-state index is 12.8. The van der Waals surface area contributed by atoms with E-state index in [0.29, 0.717) is 19.6 Å². The molecule has 0 N–H and O–H groups in total. The number of carbonyl (C=O) groups excluding carboxylic acids is 2. The van der Waals surface area contributed by atoms with E-state index >= 15 is 0 Å². The Morgan fingerprint density at radius 3 is 2.32 bits per heavy atom. The van der Waals surface area contributed by atoms with Crippen molar-refractivity contribution in [2.45, 2.75) is 43.6 Å². The van der Waals surface area contributed by atoms with Crippen LogP contribution < -0.4 is 4.90 Å².